The molecule has 1 aliphatic rings. The third kappa shape index (κ3) is 7.06. The number of rotatable bonds is 6. The molecule has 0 spiro atoms. The van der Waals surface area contributed by atoms with E-state index in [1.54, 1.807) is 0 Å². The molecule has 112 valence electrons. The highest BCUT2D eigenvalue weighted by atomic mass is 32.2. The maximum absolute atomic E-state index is 11.6. The second kappa shape index (κ2) is 8.00. The van der Waals surface area contributed by atoms with E-state index < -0.39 is 5.60 Å². The Bertz CT molecular complexity index is 279. The van der Waals surface area contributed by atoms with Crippen LogP contribution < -0.4 is 10.6 Å². The van der Waals surface area contributed by atoms with Crippen molar-refractivity contribution in [3.8, 4) is 0 Å². The lowest BCUT2D eigenvalue weighted by atomic mass is 10.0. The molecular formula is C14H28N2O2S. The Hall–Kier alpha value is -0.420. The van der Waals surface area contributed by atoms with Crippen LogP contribution in [0.3, 0.4) is 0 Å². The highest BCUT2D eigenvalue weighted by Gasteiger charge is 2.27. The lowest BCUT2D eigenvalue weighted by Crippen LogP contribution is -2.41. The van der Waals surface area contributed by atoms with E-state index in [-0.39, 0.29) is 6.09 Å². The van der Waals surface area contributed by atoms with Crippen molar-refractivity contribution < 1.29 is 9.53 Å². The average Bonchev–Trinajstić information content (AvgIpc) is 2.72. The number of carbonyl (C=O) groups excluding carboxylic acids is 1. The van der Waals surface area contributed by atoms with Crippen LogP contribution in [0.15, 0.2) is 0 Å². The zero-order valence-corrected chi connectivity index (χ0v) is 13.4. The molecule has 1 fully saturated rings. The molecule has 0 radical (unpaired) electrons. The number of alkyl carbamates (subject to hydrolysis) is 1. The quantitative estimate of drug-likeness (QED) is 0.738. The van der Waals surface area contributed by atoms with Crippen LogP contribution in [-0.4, -0.2) is 42.8 Å². The minimum atomic E-state index is -0.421. The molecule has 2 atom stereocenters. The van der Waals surface area contributed by atoms with Gasteiger partial charge in [-0.1, -0.05) is 6.42 Å². The molecule has 1 aliphatic carbocycles. The normalized spacial score (nSPS) is 23.4. The van der Waals surface area contributed by atoms with E-state index in [1.807, 2.05) is 32.5 Å². The van der Waals surface area contributed by atoms with Crippen LogP contribution in [-0.2, 0) is 4.74 Å². The van der Waals surface area contributed by atoms with Crippen molar-refractivity contribution in [2.75, 3.05) is 25.1 Å². The molecule has 0 saturated heterocycles. The minimum absolute atomic E-state index is 0.303. The first-order chi connectivity index (χ1) is 8.92. The standard InChI is InChI=1S/C14H28N2O2S/c1-14(2,3)18-13(17)16-10-11-6-5-7-12(11)15-8-9-19-4/h11-12,15H,5-10H2,1-4H3,(H,16,17). The van der Waals surface area contributed by atoms with Gasteiger partial charge < -0.3 is 15.4 Å². The van der Waals surface area contributed by atoms with Gasteiger partial charge in [-0.05, 0) is 45.8 Å². The molecule has 19 heavy (non-hydrogen) atoms. The number of ether oxygens (including phenoxy) is 1. The van der Waals surface area contributed by atoms with Crippen molar-refractivity contribution in [1.29, 1.82) is 0 Å². The monoisotopic (exact) mass is 288 g/mol. The van der Waals surface area contributed by atoms with E-state index in [1.165, 1.54) is 19.3 Å². The molecule has 0 aromatic heterocycles. The van der Waals surface area contributed by atoms with Crippen molar-refractivity contribution in [3.63, 3.8) is 0 Å². The fraction of sp³-hybridized carbons (Fsp3) is 0.929. The predicted molar refractivity (Wildman–Crippen MR) is 81.8 cm³/mol. The van der Waals surface area contributed by atoms with Gasteiger partial charge in [-0.15, -0.1) is 0 Å². The van der Waals surface area contributed by atoms with Gasteiger partial charge in [0.05, 0.1) is 0 Å². The summed E-state index contributed by atoms with van der Waals surface area (Å²) in [7, 11) is 0. The molecule has 0 heterocycles. The van der Waals surface area contributed by atoms with Gasteiger partial charge in [-0.3, -0.25) is 0 Å². The maximum atomic E-state index is 11.6. The summed E-state index contributed by atoms with van der Waals surface area (Å²) in [6.45, 7) is 7.42. The zero-order valence-electron chi connectivity index (χ0n) is 12.6. The highest BCUT2D eigenvalue weighted by Crippen LogP contribution is 2.25. The molecule has 2 unspecified atom stereocenters. The Morgan fingerprint density at radius 3 is 2.74 bits per heavy atom. The van der Waals surface area contributed by atoms with Gasteiger partial charge in [0.15, 0.2) is 0 Å². The second-order valence-corrected chi connectivity index (χ2v) is 7.11. The van der Waals surface area contributed by atoms with Crippen LogP contribution >= 0.6 is 11.8 Å². The topological polar surface area (TPSA) is 50.4 Å². The van der Waals surface area contributed by atoms with Gasteiger partial charge >= 0.3 is 6.09 Å². The van der Waals surface area contributed by atoms with E-state index in [0.717, 1.165) is 12.3 Å². The molecule has 0 bridgehead atoms. The van der Waals surface area contributed by atoms with Crippen molar-refractivity contribution in [3.05, 3.63) is 0 Å². The predicted octanol–water partition coefficient (Wildman–Crippen LogP) is 2.63. The van der Waals surface area contributed by atoms with Crippen LogP contribution in [0.1, 0.15) is 40.0 Å². The van der Waals surface area contributed by atoms with Gasteiger partial charge in [0.1, 0.15) is 5.60 Å². The summed E-state index contributed by atoms with van der Waals surface area (Å²) >= 11 is 1.86. The number of nitrogens with one attached hydrogen (secondary N) is 2. The van der Waals surface area contributed by atoms with Crippen molar-refractivity contribution in [2.45, 2.75) is 51.7 Å². The van der Waals surface area contributed by atoms with Gasteiger partial charge in [-0.2, -0.15) is 11.8 Å². The van der Waals surface area contributed by atoms with Crippen LogP contribution in [0, 0.1) is 5.92 Å². The molecule has 5 heteroatoms. The number of thioether (sulfide) groups is 1. The summed E-state index contributed by atoms with van der Waals surface area (Å²) < 4.78 is 5.26. The number of amides is 1. The first-order valence-corrected chi connectivity index (χ1v) is 8.51. The van der Waals surface area contributed by atoms with Crippen molar-refractivity contribution >= 4 is 17.9 Å². The smallest absolute Gasteiger partial charge is 0.407 e. The van der Waals surface area contributed by atoms with Crippen LogP contribution in [0.25, 0.3) is 0 Å². The zero-order chi connectivity index (χ0) is 14.3. The third-order valence-electron chi connectivity index (χ3n) is 3.28. The summed E-state index contributed by atoms with van der Waals surface area (Å²) in [5, 5.41) is 6.49. The second-order valence-electron chi connectivity index (χ2n) is 6.13. The summed E-state index contributed by atoms with van der Waals surface area (Å²) in [5.74, 6) is 1.68. The van der Waals surface area contributed by atoms with E-state index >= 15 is 0 Å². The molecule has 4 nitrogen and oxygen atoms in total. The maximum Gasteiger partial charge on any atom is 0.407 e. The number of hydrogen-bond donors (Lipinski definition) is 2. The van der Waals surface area contributed by atoms with Gasteiger partial charge in [0, 0.05) is 24.9 Å². The molecule has 1 rings (SSSR count). The summed E-state index contributed by atoms with van der Waals surface area (Å²) in [6.07, 6.45) is 5.47. The molecular weight excluding hydrogens is 260 g/mol. The summed E-state index contributed by atoms with van der Waals surface area (Å²) in [4.78, 5) is 11.6. The minimum Gasteiger partial charge on any atom is -0.444 e. The molecule has 0 aliphatic heterocycles. The van der Waals surface area contributed by atoms with E-state index in [4.69, 9.17) is 4.74 Å². The Labute approximate surface area is 121 Å². The average molecular weight is 288 g/mol. The summed E-state index contributed by atoms with van der Waals surface area (Å²) in [5.41, 5.74) is -0.421. The fourth-order valence-corrected chi connectivity index (χ4v) is 2.75. The van der Waals surface area contributed by atoms with Crippen molar-refractivity contribution in [1.82, 2.24) is 10.6 Å². The molecule has 0 aromatic carbocycles. The first-order valence-electron chi connectivity index (χ1n) is 7.11. The van der Waals surface area contributed by atoms with Gasteiger partial charge in [-0.25, -0.2) is 4.79 Å². The number of carbonyl (C=O) groups is 1. The SMILES string of the molecule is CSCCNC1CCCC1CNC(=O)OC(C)(C)C. The lowest BCUT2D eigenvalue weighted by Gasteiger charge is -2.23. The Morgan fingerprint density at radius 1 is 1.37 bits per heavy atom. The largest absolute Gasteiger partial charge is 0.444 e. The Morgan fingerprint density at radius 2 is 2.11 bits per heavy atom. The molecule has 0 aromatic rings. The van der Waals surface area contributed by atoms with E-state index in [9.17, 15) is 4.79 Å². The van der Waals surface area contributed by atoms with Gasteiger partial charge in [0.2, 0.25) is 0 Å². The lowest BCUT2D eigenvalue weighted by molar-refractivity contribution is 0.0517. The van der Waals surface area contributed by atoms with E-state index in [2.05, 4.69) is 16.9 Å². The molecule has 2 N–H and O–H groups in total. The van der Waals surface area contributed by atoms with Crippen LogP contribution in [0.5, 0.6) is 0 Å². The number of hydrogen-bond acceptors (Lipinski definition) is 4. The van der Waals surface area contributed by atoms with Crippen LogP contribution in [0.2, 0.25) is 0 Å². The van der Waals surface area contributed by atoms with E-state index in [0.29, 0.717) is 18.5 Å². The molecule has 1 amide bonds. The highest BCUT2D eigenvalue weighted by molar-refractivity contribution is 7.98. The third-order valence-corrected chi connectivity index (χ3v) is 3.89. The fourth-order valence-electron chi connectivity index (χ4n) is 2.42. The summed E-state index contributed by atoms with van der Waals surface area (Å²) in [6, 6.07) is 0.544. The van der Waals surface area contributed by atoms with Gasteiger partial charge in [0.25, 0.3) is 0 Å². The first kappa shape index (κ1) is 16.6. The Balaban J connectivity index is 2.25. The van der Waals surface area contributed by atoms with Crippen molar-refractivity contribution in [2.24, 2.45) is 5.92 Å². The Kier molecular flexibility index (Phi) is 7.00. The van der Waals surface area contributed by atoms with Crippen LogP contribution in [0.4, 0.5) is 4.79 Å². The molecule has 1 saturated carbocycles.